The van der Waals surface area contributed by atoms with Gasteiger partial charge in [0.1, 0.15) is 0 Å². The number of hydrogen-bond donors (Lipinski definition) is 2. The zero-order chi connectivity index (χ0) is 7.84. The molecule has 0 radical (unpaired) electrons. The lowest BCUT2D eigenvalue weighted by molar-refractivity contribution is -0.0493. The molecule has 0 spiro atoms. The van der Waals surface area contributed by atoms with E-state index in [1.54, 1.807) is 0 Å². The Kier molecular flexibility index (Phi) is 1.87. The third-order valence-corrected chi connectivity index (χ3v) is 2.70. The Bertz CT molecular complexity index is 132. The van der Waals surface area contributed by atoms with Crippen LogP contribution >= 0.6 is 0 Å². The second-order valence-electron chi connectivity index (χ2n) is 3.50. The molecule has 0 aliphatic carbocycles. The fraction of sp³-hybridized carbons (Fsp3) is 1.00. The molecule has 0 amide bonds. The second kappa shape index (κ2) is 2.73. The van der Waals surface area contributed by atoms with Gasteiger partial charge >= 0.3 is 0 Å². The predicted octanol–water partition coefficient (Wildman–Crippen LogP) is 0.0496. The zero-order valence-electron chi connectivity index (χ0n) is 6.44. The first kappa shape index (κ1) is 7.53. The molecule has 2 aliphatic heterocycles. The van der Waals surface area contributed by atoms with Crippen LogP contribution in [0.3, 0.4) is 0 Å². The van der Waals surface area contributed by atoms with Crippen LogP contribution in [0.1, 0.15) is 25.7 Å². The molecule has 64 valence electrons. The van der Waals surface area contributed by atoms with Crippen molar-refractivity contribution < 1.29 is 14.9 Å². The molecular formula is C8H14O3. The Hall–Kier alpha value is -0.120. The molecule has 2 bridgehead atoms. The maximum Gasteiger partial charge on any atom is 0.0840 e. The van der Waals surface area contributed by atoms with Crippen molar-refractivity contribution in [2.45, 2.75) is 50.1 Å². The standard InChI is InChI=1S/C8H14O3/c9-5-1-2-6(10)8-4-3-7(5)11-8/h5-10H,1-4H2/t5-,6-,7-,8+/m1/s1. The minimum Gasteiger partial charge on any atom is -0.390 e. The van der Waals surface area contributed by atoms with E-state index in [0.717, 1.165) is 12.8 Å². The summed E-state index contributed by atoms with van der Waals surface area (Å²) in [5.41, 5.74) is 0. The van der Waals surface area contributed by atoms with Crippen LogP contribution in [-0.2, 0) is 4.74 Å². The molecule has 0 saturated carbocycles. The van der Waals surface area contributed by atoms with Crippen LogP contribution in [0.4, 0.5) is 0 Å². The molecule has 11 heavy (non-hydrogen) atoms. The van der Waals surface area contributed by atoms with Crippen LogP contribution in [-0.4, -0.2) is 34.6 Å². The molecule has 2 N–H and O–H groups in total. The first-order valence-electron chi connectivity index (χ1n) is 4.29. The zero-order valence-corrected chi connectivity index (χ0v) is 6.44. The van der Waals surface area contributed by atoms with E-state index < -0.39 is 0 Å². The van der Waals surface area contributed by atoms with Gasteiger partial charge in [0.2, 0.25) is 0 Å². The second-order valence-corrected chi connectivity index (χ2v) is 3.50. The highest BCUT2D eigenvalue weighted by atomic mass is 16.5. The summed E-state index contributed by atoms with van der Waals surface area (Å²) in [7, 11) is 0. The van der Waals surface area contributed by atoms with Gasteiger partial charge < -0.3 is 14.9 Å². The minimum absolute atomic E-state index is 0.00264. The molecule has 2 fully saturated rings. The number of rotatable bonds is 0. The van der Waals surface area contributed by atoms with E-state index >= 15 is 0 Å². The molecule has 2 aliphatic rings. The summed E-state index contributed by atoms with van der Waals surface area (Å²) in [5, 5.41) is 18.9. The number of fused-ring (bicyclic) bond motifs is 2. The molecule has 0 aromatic rings. The fourth-order valence-corrected chi connectivity index (χ4v) is 1.97. The third kappa shape index (κ3) is 1.28. The summed E-state index contributed by atoms with van der Waals surface area (Å²) < 4.78 is 5.45. The van der Waals surface area contributed by atoms with Crippen molar-refractivity contribution in [1.82, 2.24) is 0 Å². The van der Waals surface area contributed by atoms with Gasteiger partial charge in [-0.3, -0.25) is 0 Å². The molecule has 2 saturated heterocycles. The van der Waals surface area contributed by atoms with Crippen molar-refractivity contribution in [2.24, 2.45) is 0 Å². The van der Waals surface area contributed by atoms with E-state index in [1.807, 2.05) is 0 Å². The number of aliphatic hydroxyl groups excluding tert-OH is 2. The van der Waals surface area contributed by atoms with E-state index in [0.29, 0.717) is 12.8 Å². The quantitative estimate of drug-likeness (QED) is 0.523. The average molecular weight is 158 g/mol. The van der Waals surface area contributed by atoms with Gasteiger partial charge in [0.15, 0.2) is 0 Å². The highest BCUT2D eigenvalue weighted by molar-refractivity contribution is 4.87. The summed E-state index contributed by atoms with van der Waals surface area (Å²) in [5.74, 6) is 0. The van der Waals surface area contributed by atoms with Crippen molar-refractivity contribution in [3.63, 3.8) is 0 Å². The molecule has 0 aromatic carbocycles. The molecule has 3 heteroatoms. The van der Waals surface area contributed by atoms with Crippen molar-refractivity contribution >= 4 is 0 Å². The molecule has 3 nitrogen and oxygen atoms in total. The topological polar surface area (TPSA) is 49.7 Å². The van der Waals surface area contributed by atoms with Crippen molar-refractivity contribution in [3.8, 4) is 0 Å². The maximum absolute atomic E-state index is 9.46. The normalized spacial score (nSPS) is 50.7. The Labute approximate surface area is 66.0 Å². The molecule has 4 atom stereocenters. The Morgan fingerprint density at radius 1 is 0.818 bits per heavy atom. The molecule has 0 aromatic heterocycles. The monoisotopic (exact) mass is 158 g/mol. The Morgan fingerprint density at radius 3 is 1.73 bits per heavy atom. The van der Waals surface area contributed by atoms with E-state index in [1.165, 1.54) is 0 Å². The lowest BCUT2D eigenvalue weighted by Crippen LogP contribution is -2.24. The summed E-state index contributed by atoms with van der Waals surface area (Å²) >= 11 is 0. The lowest BCUT2D eigenvalue weighted by atomic mass is 9.97. The molecule has 0 unspecified atom stereocenters. The van der Waals surface area contributed by atoms with Crippen molar-refractivity contribution in [2.75, 3.05) is 0 Å². The van der Waals surface area contributed by atoms with Crippen molar-refractivity contribution in [1.29, 1.82) is 0 Å². The summed E-state index contributed by atoms with van der Waals surface area (Å²) in [6, 6.07) is 0. The van der Waals surface area contributed by atoms with Gasteiger partial charge in [-0.05, 0) is 25.7 Å². The fourth-order valence-electron chi connectivity index (χ4n) is 1.97. The average Bonchev–Trinajstić information content (AvgIpc) is 2.42. The van der Waals surface area contributed by atoms with E-state index in [-0.39, 0.29) is 24.4 Å². The SMILES string of the molecule is O[C@@H]1CC[C@@H](O)[C@H]2CC[C@@H]1O2. The highest BCUT2D eigenvalue weighted by Gasteiger charge is 2.37. The van der Waals surface area contributed by atoms with Crippen LogP contribution in [0, 0.1) is 0 Å². The molecular weight excluding hydrogens is 144 g/mol. The van der Waals surface area contributed by atoms with Gasteiger partial charge in [0.05, 0.1) is 24.4 Å². The van der Waals surface area contributed by atoms with Crippen LogP contribution in [0.25, 0.3) is 0 Å². The molecule has 2 heterocycles. The van der Waals surface area contributed by atoms with E-state index in [4.69, 9.17) is 4.74 Å². The number of hydrogen-bond acceptors (Lipinski definition) is 3. The minimum atomic E-state index is -0.350. The van der Waals surface area contributed by atoms with Gasteiger partial charge in [-0.15, -0.1) is 0 Å². The third-order valence-electron chi connectivity index (χ3n) is 2.70. The summed E-state index contributed by atoms with van der Waals surface area (Å²) in [6.45, 7) is 0. The Balaban J connectivity index is 2.07. The first-order valence-corrected chi connectivity index (χ1v) is 4.29. The van der Waals surface area contributed by atoms with Gasteiger partial charge in [0, 0.05) is 0 Å². The predicted molar refractivity (Wildman–Crippen MR) is 39.1 cm³/mol. The number of ether oxygens (including phenoxy) is 1. The van der Waals surface area contributed by atoms with Crippen molar-refractivity contribution in [3.05, 3.63) is 0 Å². The summed E-state index contributed by atoms with van der Waals surface area (Å²) in [4.78, 5) is 0. The lowest BCUT2D eigenvalue weighted by Gasteiger charge is -2.14. The Morgan fingerprint density at radius 2 is 1.27 bits per heavy atom. The first-order chi connectivity index (χ1) is 5.27. The van der Waals surface area contributed by atoms with Gasteiger partial charge in [-0.1, -0.05) is 0 Å². The smallest absolute Gasteiger partial charge is 0.0840 e. The van der Waals surface area contributed by atoms with Crippen LogP contribution in [0.5, 0.6) is 0 Å². The largest absolute Gasteiger partial charge is 0.390 e. The van der Waals surface area contributed by atoms with Gasteiger partial charge in [-0.2, -0.15) is 0 Å². The highest BCUT2D eigenvalue weighted by Crippen LogP contribution is 2.31. The van der Waals surface area contributed by atoms with Gasteiger partial charge in [0.25, 0.3) is 0 Å². The summed E-state index contributed by atoms with van der Waals surface area (Å²) in [6.07, 6.45) is 2.47. The van der Waals surface area contributed by atoms with Crippen LogP contribution in [0.15, 0.2) is 0 Å². The maximum atomic E-state index is 9.46. The van der Waals surface area contributed by atoms with Crippen LogP contribution < -0.4 is 0 Å². The van der Waals surface area contributed by atoms with Crippen LogP contribution in [0.2, 0.25) is 0 Å². The van der Waals surface area contributed by atoms with E-state index in [2.05, 4.69) is 0 Å². The number of aliphatic hydroxyl groups is 2. The van der Waals surface area contributed by atoms with E-state index in [9.17, 15) is 10.2 Å². The van der Waals surface area contributed by atoms with Gasteiger partial charge in [-0.25, -0.2) is 0 Å². The molecule has 2 rings (SSSR count).